The number of ether oxygens (including phenoxy) is 2. The average molecular weight is 275 g/mol. The molecular formula is C17H20FO2. The maximum atomic E-state index is 14.3. The summed E-state index contributed by atoms with van der Waals surface area (Å²) in [5, 5.41) is 0. The van der Waals surface area contributed by atoms with Crippen LogP contribution in [0.5, 0.6) is 11.5 Å². The first-order valence-corrected chi connectivity index (χ1v) is 6.73. The van der Waals surface area contributed by atoms with Gasteiger partial charge in [0, 0.05) is 11.6 Å². The minimum Gasteiger partial charge on any atom is -0.497 e. The Balaban J connectivity index is 2.60. The van der Waals surface area contributed by atoms with Crippen LogP contribution in [0.3, 0.4) is 0 Å². The van der Waals surface area contributed by atoms with Gasteiger partial charge in [-0.05, 0) is 42.5 Å². The van der Waals surface area contributed by atoms with Crippen molar-refractivity contribution in [2.24, 2.45) is 5.92 Å². The lowest BCUT2D eigenvalue weighted by molar-refractivity contribution is 0.394. The summed E-state index contributed by atoms with van der Waals surface area (Å²) in [5.74, 6) is 1.41. The molecule has 2 rings (SSSR count). The largest absolute Gasteiger partial charge is 0.497 e. The molecule has 0 aliphatic heterocycles. The van der Waals surface area contributed by atoms with Crippen molar-refractivity contribution in [3.05, 3.63) is 47.7 Å². The molecular weight excluding hydrogens is 255 g/mol. The molecule has 2 nitrogen and oxygen atoms in total. The highest BCUT2D eigenvalue weighted by Crippen LogP contribution is 2.39. The molecule has 1 aliphatic rings. The Morgan fingerprint density at radius 1 is 1.05 bits per heavy atom. The van der Waals surface area contributed by atoms with Gasteiger partial charge >= 0.3 is 0 Å². The highest BCUT2D eigenvalue weighted by Gasteiger charge is 2.21. The molecule has 0 spiro atoms. The van der Waals surface area contributed by atoms with Crippen LogP contribution in [0.4, 0.5) is 4.39 Å². The summed E-state index contributed by atoms with van der Waals surface area (Å²) >= 11 is 0. The summed E-state index contributed by atoms with van der Waals surface area (Å²) in [6, 6.07) is 5.47. The molecule has 0 saturated carbocycles. The van der Waals surface area contributed by atoms with Crippen LogP contribution in [0.15, 0.2) is 35.7 Å². The Kier molecular flexibility index (Phi) is 4.48. The highest BCUT2D eigenvalue weighted by molar-refractivity contribution is 5.83. The third-order valence-electron chi connectivity index (χ3n) is 3.42. The fraction of sp³-hybridized carbons (Fsp3) is 0.353. The van der Waals surface area contributed by atoms with Crippen molar-refractivity contribution in [2.75, 3.05) is 14.2 Å². The molecule has 0 atom stereocenters. The zero-order valence-electron chi connectivity index (χ0n) is 12.4. The fourth-order valence-corrected chi connectivity index (χ4v) is 2.41. The normalized spacial score (nSPS) is 15.4. The summed E-state index contributed by atoms with van der Waals surface area (Å²) in [7, 11) is 3.19. The Morgan fingerprint density at radius 2 is 1.65 bits per heavy atom. The van der Waals surface area contributed by atoms with E-state index >= 15 is 0 Å². The van der Waals surface area contributed by atoms with E-state index in [0.29, 0.717) is 23.5 Å². The quantitative estimate of drug-likeness (QED) is 0.801. The number of hydrogen-bond acceptors (Lipinski definition) is 2. The van der Waals surface area contributed by atoms with E-state index in [4.69, 9.17) is 9.47 Å². The summed E-state index contributed by atoms with van der Waals surface area (Å²) in [6.07, 6.45) is 4.33. The highest BCUT2D eigenvalue weighted by atomic mass is 19.1. The van der Waals surface area contributed by atoms with E-state index < -0.39 is 0 Å². The summed E-state index contributed by atoms with van der Waals surface area (Å²) in [6.45, 7) is 4.14. The molecule has 0 heterocycles. The van der Waals surface area contributed by atoms with Crippen LogP contribution in [-0.4, -0.2) is 14.2 Å². The number of rotatable bonds is 4. The topological polar surface area (TPSA) is 18.5 Å². The van der Waals surface area contributed by atoms with Gasteiger partial charge in [0.1, 0.15) is 17.3 Å². The minimum atomic E-state index is -0.175. The molecule has 20 heavy (non-hydrogen) atoms. The van der Waals surface area contributed by atoms with E-state index in [-0.39, 0.29) is 11.7 Å². The predicted molar refractivity (Wildman–Crippen MR) is 79.4 cm³/mol. The smallest absolute Gasteiger partial charge is 0.127 e. The van der Waals surface area contributed by atoms with Crippen LogP contribution in [-0.2, 0) is 0 Å². The van der Waals surface area contributed by atoms with Crippen molar-refractivity contribution in [3.8, 4) is 11.5 Å². The van der Waals surface area contributed by atoms with Gasteiger partial charge in [-0.1, -0.05) is 19.4 Å². The Labute approximate surface area is 119 Å². The van der Waals surface area contributed by atoms with Gasteiger partial charge in [0.05, 0.1) is 14.2 Å². The van der Waals surface area contributed by atoms with Crippen LogP contribution in [0.25, 0.3) is 5.57 Å². The van der Waals surface area contributed by atoms with Gasteiger partial charge in [0.25, 0.3) is 0 Å². The number of halogens is 1. The molecule has 3 heteroatoms. The van der Waals surface area contributed by atoms with Gasteiger partial charge in [0.15, 0.2) is 0 Å². The summed E-state index contributed by atoms with van der Waals surface area (Å²) < 4.78 is 24.8. The molecule has 0 bridgehead atoms. The first kappa shape index (κ1) is 14.6. The van der Waals surface area contributed by atoms with Crippen molar-refractivity contribution < 1.29 is 13.9 Å². The first-order valence-electron chi connectivity index (χ1n) is 6.73. The molecule has 0 saturated heterocycles. The standard InChI is InChI=1S/C17H20FO2/c1-11(2)15-6-5-7-16(18)17(15)12-8-13(19-3)10-14(9-12)20-4/h6-11H,5H2,1-4H3. The van der Waals surface area contributed by atoms with Crippen LogP contribution in [0.2, 0.25) is 0 Å². The van der Waals surface area contributed by atoms with Crippen molar-refractivity contribution in [2.45, 2.75) is 20.3 Å². The van der Waals surface area contributed by atoms with Gasteiger partial charge in [-0.3, -0.25) is 0 Å². The maximum Gasteiger partial charge on any atom is 0.127 e. The third kappa shape index (κ3) is 2.87. The van der Waals surface area contributed by atoms with Gasteiger partial charge in [0.2, 0.25) is 0 Å². The molecule has 1 aromatic carbocycles. The molecule has 1 aromatic rings. The van der Waals surface area contributed by atoms with Gasteiger partial charge < -0.3 is 9.47 Å². The van der Waals surface area contributed by atoms with Gasteiger partial charge in [-0.25, -0.2) is 4.39 Å². The third-order valence-corrected chi connectivity index (χ3v) is 3.42. The van der Waals surface area contributed by atoms with Crippen LogP contribution >= 0.6 is 0 Å². The molecule has 1 radical (unpaired) electrons. The fourth-order valence-electron chi connectivity index (χ4n) is 2.41. The SMILES string of the molecule is COc1cc(OC)cc(C2=C(C(C)C)[CH]CC=C2F)c1. The van der Waals surface area contributed by atoms with Gasteiger partial charge in [-0.2, -0.15) is 0 Å². The lowest BCUT2D eigenvalue weighted by Crippen LogP contribution is -2.05. The predicted octanol–water partition coefficient (Wildman–Crippen LogP) is 4.57. The van der Waals surface area contributed by atoms with E-state index in [1.54, 1.807) is 26.4 Å². The van der Waals surface area contributed by atoms with Gasteiger partial charge in [-0.15, -0.1) is 0 Å². The van der Waals surface area contributed by atoms with Crippen molar-refractivity contribution in [1.82, 2.24) is 0 Å². The van der Waals surface area contributed by atoms with E-state index in [0.717, 1.165) is 11.1 Å². The monoisotopic (exact) mass is 275 g/mol. The molecule has 107 valence electrons. The van der Waals surface area contributed by atoms with Crippen LogP contribution in [0, 0.1) is 12.3 Å². The average Bonchev–Trinajstić information content (AvgIpc) is 2.46. The van der Waals surface area contributed by atoms with Crippen molar-refractivity contribution >= 4 is 5.57 Å². The van der Waals surface area contributed by atoms with Crippen molar-refractivity contribution in [1.29, 1.82) is 0 Å². The molecule has 0 aromatic heterocycles. The number of benzene rings is 1. The molecule has 0 amide bonds. The minimum absolute atomic E-state index is 0.175. The van der Waals surface area contributed by atoms with E-state index in [1.807, 2.05) is 12.1 Å². The Morgan fingerprint density at radius 3 is 2.15 bits per heavy atom. The number of allylic oxidation sites excluding steroid dienone is 4. The summed E-state index contributed by atoms with van der Waals surface area (Å²) in [5.41, 5.74) is 2.46. The zero-order chi connectivity index (χ0) is 14.7. The lowest BCUT2D eigenvalue weighted by Gasteiger charge is -2.21. The second-order valence-electron chi connectivity index (χ2n) is 5.08. The van der Waals surface area contributed by atoms with Crippen LogP contribution < -0.4 is 9.47 Å². The Bertz CT molecular complexity index is 534. The number of methoxy groups -OCH3 is 2. The lowest BCUT2D eigenvalue weighted by atomic mass is 9.85. The van der Waals surface area contributed by atoms with E-state index in [2.05, 4.69) is 20.3 Å². The molecule has 0 unspecified atom stereocenters. The second kappa shape index (κ2) is 6.12. The molecule has 0 fully saturated rings. The molecule has 1 aliphatic carbocycles. The molecule has 0 N–H and O–H groups in total. The second-order valence-corrected chi connectivity index (χ2v) is 5.08. The zero-order valence-corrected chi connectivity index (χ0v) is 12.4. The van der Waals surface area contributed by atoms with E-state index in [1.165, 1.54) is 0 Å². The van der Waals surface area contributed by atoms with E-state index in [9.17, 15) is 4.39 Å². The Hall–Kier alpha value is -1.77. The summed E-state index contributed by atoms with van der Waals surface area (Å²) in [4.78, 5) is 0. The van der Waals surface area contributed by atoms with Crippen molar-refractivity contribution in [3.63, 3.8) is 0 Å². The maximum absolute atomic E-state index is 14.3. The van der Waals surface area contributed by atoms with Crippen LogP contribution in [0.1, 0.15) is 25.8 Å². The first-order chi connectivity index (χ1) is 9.56. The number of hydrogen-bond donors (Lipinski definition) is 0.